The van der Waals surface area contributed by atoms with Gasteiger partial charge < -0.3 is 10.2 Å². The summed E-state index contributed by atoms with van der Waals surface area (Å²) < 4.78 is 0.998. The molecular formula is C15H12N2O4. The zero-order chi connectivity index (χ0) is 15.4. The van der Waals surface area contributed by atoms with Gasteiger partial charge in [-0.15, -0.1) is 0 Å². The number of nitriles is 1. The number of rotatable bonds is 4. The Labute approximate surface area is 120 Å². The maximum Gasteiger partial charge on any atom is 0.337 e. The Morgan fingerprint density at radius 1 is 1.29 bits per heavy atom. The normalized spacial score (nSPS) is 10.0. The van der Waals surface area contributed by atoms with E-state index in [0.29, 0.717) is 6.42 Å². The Bertz CT molecular complexity index is 773. The molecular weight excluding hydrogens is 272 g/mol. The van der Waals surface area contributed by atoms with Crippen LogP contribution in [0.4, 0.5) is 0 Å². The first-order valence-corrected chi connectivity index (χ1v) is 6.18. The van der Waals surface area contributed by atoms with Gasteiger partial charge in [-0.05, 0) is 12.0 Å². The van der Waals surface area contributed by atoms with Gasteiger partial charge in [0.25, 0.3) is 5.56 Å². The quantitative estimate of drug-likeness (QED) is 0.882. The van der Waals surface area contributed by atoms with Crippen molar-refractivity contribution in [3.8, 4) is 11.9 Å². The van der Waals surface area contributed by atoms with Crippen molar-refractivity contribution in [2.45, 2.75) is 13.0 Å². The van der Waals surface area contributed by atoms with Crippen LogP contribution in [0.3, 0.4) is 0 Å². The first-order valence-electron chi connectivity index (χ1n) is 6.18. The molecule has 2 N–H and O–H groups in total. The van der Waals surface area contributed by atoms with Crippen LogP contribution in [-0.4, -0.2) is 20.7 Å². The molecule has 2 rings (SSSR count). The molecule has 0 fully saturated rings. The van der Waals surface area contributed by atoms with Crippen molar-refractivity contribution in [2.24, 2.45) is 0 Å². The van der Waals surface area contributed by atoms with Gasteiger partial charge in [0, 0.05) is 12.6 Å². The number of aromatic hydroxyl groups is 1. The second-order valence-corrected chi connectivity index (χ2v) is 4.40. The van der Waals surface area contributed by atoms with Gasteiger partial charge in [-0.1, -0.05) is 30.3 Å². The van der Waals surface area contributed by atoms with Crippen LogP contribution in [0, 0.1) is 11.3 Å². The van der Waals surface area contributed by atoms with Crippen LogP contribution in [0.25, 0.3) is 0 Å². The van der Waals surface area contributed by atoms with Crippen LogP contribution >= 0.6 is 0 Å². The molecule has 21 heavy (non-hydrogen) atoms. The average molecular weight is 284 g/mol. The summed E-state index contributed by atoms with van der Waals surface area (Å²) in [6, 6.07) is 11.8. The van der Waals surface area contributed by atoms with Gasteiger partial charge >= 0.3 is 5.97 Å². The van der Waals surface area contributed by atoms with E-state index in [4.69, 9.17) is 10.4 Å². The molecule has 6 nitrogen and oxygen atoms in total. The molecule has 0 atom stereocenters. The van der Waals surface area contributed by atoms with E-state index in [1.807, 2.05) is 30.3 Å². The van der Waals surface area contributed by atoms with Gasteiger partial charge in [0.1, 0.15) is 11.6 Å². The third-order valence-electron chi connectivity index (χ3n) is 3.09. The van der Waals surface area contributed by atoms with E-state index >= 15 is 0 Å². The largest absolute Gasteiger partial charge is 0.493 e. The van der Waals surface area contributed by atoms with Crippen LogP contribution in [0.1, 0.15) is 21.5 Å². The van der Waals surface area contributed by atoms with Crippen LogP contribution in [0.5, 0.6) is 5.88 Å². The van der Waals surface area contributed by atoms with E-state index in [1.165, 1.54) is 0 Å². The van der Waals surface area contributed by atoms with Gasteiger partial charge in [0.15, 0.2) is 0 Å². The number of carbonyl (C=O) groups is 1. The predicted molar refractivity (Wildman–Crippen MR) is 74.2 cm³/mol. The zero-order valence-corrected chi connectivity index (χ0v) is 11.0. The maximum atomic E-state index is 11.9. The SMILES string of the molecule is N#Cc1c(C(=O)O)cc(=O)n(CCc2ccccc2)c1O. The Kier molecular flexibility index (Phi) is 4.05. The monoisotopic (exact) mass is 284 g/mol. The van der Waals surface area contributed by atoms with Crippen LogP contribution in [-0.2, 0) is 13.0 Å². The van der Waals surface area contributed by atoms with Crippen molar-refractivity contribution < 1.29 is 15.0 Å². The zero-order valence-electron chi connectivity index (χ0n) is 11.0. The molecule has 1 aromatic carbocycles. The smallest absolute Gasteiger partial charge is 0.337 e. The summed E-state index contributed by atoms with van der Waals surface area (Å²) in [5, 5.41) is 27.8. The van der Waals surface area contributed by atoms with E-state index in [-0.39, 0.29) is 6.54 Å². The fraction of sp³-hybridized carbons (Fsp3) is 0.133. The van der Waals surface area contributed by atoms with Gasteiger partial charge in [0.2, 0.25) is 5.88 Å². The van der Waals surface area contributed by atoms with Crippen molar-refractivity contribution in [1.82, 2.24) is 4.57 Å². The highest BCUT2D eigenvalue weighted by Gasteiger charge is 2.19. The fourth-order valence-electron chi connectivity index (χ4n) is 2.01. The molecule has 0 amide bonds. The average Bonchev–Trinajstić information content (AvgIpc) is 2.47. The molecule has 6 heteroatoms. The number of pyridine rings is 1. The minimum Gasteiger partial charge on any atom is -0.493 e. The van der Waals surface area contributed by atoms with Crippen molar-refractivity contribution >= 4 is 5.97 Å². The molecule has 1 aromatic heterocycles. The molecule has 0 bridgehead atoms. The molecule has 0 spiro atoms. The molecule has 0 unspecified atom stereocenters. The lowest BCUT2D eigenvalue weighted by molar-refractivity contribution is 0.0695. The minimum absolute atomic E-state index is 0.156. The molecule has 1 heterocycles. The lowest BCUT2D eigenvalue weighted by atomic mass is 10.1. The van der Waals surface area contributed by atoms with E-state index in [1.54, 1.807) is 6.07 Å². The number of hydrogen-bond acceptors (Lipinski definition) is 4. The van der Waals surface area contributed by atoms with Gasteiger partial charge in [-0.25, -0.2) is 4.79 Å². The number of nitrogens with zero attached hydrogens (tertiary/aromatic N) is 2. The van der Waals surface area contributed by atoms with Gasteiger partial charge in [-0.2, -0.15) is 5.26 Å². The summed E-state index contributed by atoms with van der Waals surface area (Å²) in [5.41, 5.74) is -0.587. The standard InChI is InChI=1S/C15H12N2O4/c16-9-12-11(15(20)21)8-13(18)17(14(12)19)7-6-10-4-2-1-3-5-10/h1-5,8,19H,6-7H2,(H,20,21). The van der Waals surface area contributed by atoms with Crippen molar-refractivity contribution in [1.29, 1.82) is 5.26 Å². The summed E-state index contributed by atoms with van der Waals surface area (Å²) in [6.07, 6.45) is 0.478. The summed E-state index contributed by atoms with van der Waals surface area (Å²) >= 11 is 0. The molecule has 0 saturated carbocycles. The van der Waals surface area contributed by atoms with E-state index in [2.05, 4.69) is 0 Å². The van der Waals surface area contributed by atoms with Gasteiger partial charge in [-0.3, -0.25) is 9.36 Å². The number of carboxylic acid groups (broad SMARTS) is 1. The highest BCUT2D eigenvalue weighted by molar-refractivity contribution is 5.91. The third-order valence-corrected chi connectivity index (χ3v) is 3.09. The van der Waals surface area contributed by atoms with Crippen LogP contribution < -0.4 is 5.56 Å². The van der Waals surface area contributed by atoms with Crippen LogP contribution in [0.15, 0.2) is 41.2 Å². The second kappa shape index (κ2) is 5.92. The lowest BCUT2D eigenvalue weighted by Crippen LogP contribution is -2.23. The number of aromatic carboxylic acids is 1. The highest BCUT2D eigenvalue weighted by Crippen LogP contribution is 2.18. The summed E-state index contributed by atoms with van der Waals surface area (Å²) in [5.74, 6) is -2.03. The lowest BCUT2D eigenvalue weighted by Gasteiger charge is -2.11. The number of carboxylic acids is 1. The van der Waals surface area contributed by atoms with Crippen LogP contribution in [0.2, 0.25) is 0 Å². The Morgan fingerprint density at radius 2 is 1.95 bits per heavy atom. The molecule has 0 aliphatic carbocycles. The Balaban J connectivity index is 2.39. The van der Waals surface area contributed by atoms with Crippen molar-refractivity contribution in [2.75, 3.05) is 0 Å². The molecule has 0 saturated heterocycles. The van der Waals surface area contributed by atoms with E-state index in [9.17, 15) is 14.7 Å². The van der Waals surface area contributed by atoms with E-state index in [0.717, 1.165) is 16.2 Å². The molecule has 0 aliphatic heterocycles. The summed E-state index contributed by atoms with van der Waals surface area (Å²) in [7, 11) is 0. The van der Waals surface area contributed by atoms with Gasteiger partial charge in [0.05, 0.1) is 5.56 Å². The highest BCUT2D eigenvalue weighted by atomic mass is 16.4. The Morgan fingerprint density at radius 3 is 2.52 bits per heavy atom. The molecule has 106 valence electrons. The first kappa shape index (κ1) is 14.3. The minimum atomic E-state index is -1.42. The van der Waals surface area contributed by atoms with Crippen molar-refractivity contribution in [3.05, 3.63) is 63.4 Å². The number of aryl methyl sites for hydroxylation is 1. The maximum absolute atomic E-state index is 11.9. The third kappa shape index (κ3) is 2.92. The molecule has 0 radical (unpaired) electrons. The number of hydrogen-bond donors (Lipinski definition) is 2. The fourth-order valence-corrected chi connectivity index (χ4v) is 2.01. The second-order valence-electron chi connectivity index (χ2n) is 4.40. The summed E-state index contributed by atoms with van der Waals surface area (Å²) in [6.45, 7) is 0.156. The predicted octanol–water partition coefficient (Wildman–Crippen LogP) is 1.37. The number of aromatic nitrogens is 1. The summed E-state index contributed by atoms with van der Waals surface area (Å²) in [4.78, 5) is 22.9. The molecule has 2 aromatic rings. The number of benzene rings is 1. The topological polar surface area (TPSA) is 103 Å². The molecule has 0 aliphatic rings. The first-order chi connectivity index (χ1) is 10.0. The van der Waals surface area contributed by atoms with Crippen molar-refractivity contribution in [3.63, 3.8) is 0 Å². The van der Waals surface area contributed by atoms with E-state index < -0.39 is 28.5 Å². The Hall–Kier alpha value is -3.07.